The van der Waals surface area contributed by atoms with Gasteiger partial charge in [0.2, 0.25) is 0 Å². The number of nitrogens with one attached hydrogen (secondary N) is 1. The minimum Gasteiger partial charge on any atom is -0.376 e. The summed E-state index contributed by atoms with van der Waals surface area (Å²) < 4.78 is 11.0. The van der Waals surface area contributed by atoms with Gasteiger partial charge in [0, 0.05) is 19.1 Å². The maximum absolute atomic E-state index is 5.59. The predicted molar refractivity (Wildman–Crippen MR) is 63.7 cm³/mol. The molecule has 0 radical (unpaired) electrons. The Morgan fingerprint density at radius 3 is 2.94 bits per heavy atom. The molecule has 0 amide bonds. The van der Waals surface area contributed by atoms with Crippen LogP contribution in [0.3, 0.4) is 0 Å². The summed E-state index contributed by atoms with van der Waals surface area (Å²) in [7, 11) is 2.23. The SMILES string of the molecule is CN1CCCCC1CNCC1COCCO1. The summed E-state index contributed by atoms with van der Waals surface area (Å²) in [5.74, 6) is 0. The van der Waals surface area contributed by atoms with E-state index in [2.05, 4.69) is 17.3 Å². The zero-order valence-corrected chi connectivity index (χ0v) is 10.3. The molecule has 2 aliphatic rings. The molecule has 0 aromatic carbocycles. The van der Waals surface area contributed by atoms with Crippen molar-refractivity contribution in [3.05, 3.63) is 0 Å². The fourth-order valence-corrected chi connectivity index (χ4v) is 2.47. The van der Waals surface area contributed by atoms with Gasteiger partial charge in [0.1, 0.15) is 0 Å². The molecule has 0 aromatic rings. The molecule has 0 spiro atoms. The molecule has 2 unspecified atom stereocenters. The molecule has 2 aliphatic heterocycles. The largest absolute Gasteiger partial charge is 0.376 e. The van der Waals surface area contributed by atoms with E-state index < -0.39 is 0 Å². The first-order chi connectivity index (χ1) is 7.86. The van der Waals surface area contributed by atoms with E-state index >= 15 is 0 Å². The summed E-state index contributed by atoms with van der Waals surface area (Å²) in [5.41, 5.74) is 0. The first kappa shape index (κ1) is 12.3. The third-order valence-corrected chi connectivity index (χ3v) is 3.56. The molecule has 2 heterocycles. The van der Waals surface area contributed by atoms with E-state index in [1.807, 2.05) is 0 Å². The number of piperidine rings is 1. The fourth-order valence-electron chi connectivity index (χ4n) is 2.47. The van der Waals surface area contributed by atoms with Crippen molar-refractivity contribution in [3.8, 4) is 0 Å². The van der Waals surface area contributed by atoms with Crippen LogP contribution in [0.4, 0.5) is 0 Å². The molecule has 2 rings (SSSR count). The van der Waals surface area contributed by atoms with Crippen molar-refractivity contribution in [3.63, 3.8) is 0 Å². The highest BCUT2D eigenvalue weighted by atomic mass is 16.6. The highest BCUT2D eigenvalue weighted by molar-refractivity contribution is 4.77. The topological polar surface area (TPSA) is 33.7 Å². The lowest BCUT2D eigenvalue weighted by Gasteiger charge is -2.33. The summed E-state index contributed by atoms with van der Waals surface area (Å²) >= 11 is 0. The molecule has 0 aromatic heterocycles. The molecule has 1 N–H and O–H groups in total. The van der Waals surface area contributed by atoms with Crippen molar-refractivity contribution >= 4 is 0 Å². The molecule has 0 bridgehead atoms. The van der Waals surface area contributed by atoms with Gasteiger partial charge in [-0.05, 0) is 26.4 Å². The number of likely N-dealkylation sites (N-methyl/N-ethyl adjacent to an activating group) is 1. The lowest BCUT2D eigenvalue weighted by molar-refractivity contribution is -0.0866. The summed E-state index contributed by atoms with van der Waals surface area (Å²) in [6.07, 6.45) is 4.31. The first-order valence-electron chi connectivity index (χ1n) is 6.46. The average molecular weight is 228 g/mol. The van der Waals surface area contributed by atoms with Crippen LogP contribution < -0.4 is 5.32 Å². The number of ether oxygens (including phenoxy) is 2. The summed E-state index contributed by atoms with van der Waals surface area (Å²) in [4.78, 5) is 2.47. The van der Waals surface area contributed by atoms with Crippen molar-refractivity contribution in [1.29, 1.82) is 0 Å². The van der Waals surface area contributed by atoms with Gasteiger partial charge in [-0.2, -0.15) is 0 Å². The van der Waals surface area contributed by atoms with Gasteiger partial charge < -0.3 is 19.7 Å². The molecule has 0 saturated carbocycles. The van der Waals surface area contributed by atoms with Crippen LogP contribution in [-0.2, 0) is 9.47 Å². The Morgan fingerprint density at radius 2 is 2.19 bits per heavy atom. The molecule has 0 aliphatic carbocycles. The number of hydrogen-bond donors (Lipinski definition) is 1. The molecule has 2 saturated heterocycles. The van der Waals surface area contributed by atoms with Crippen LogP contribution in [0.2, 0.25) is 0 Å². The van der Waals surface area contributed by atoms with Gasteiger partial charge in [0.15, 0.2) is 0 Å². The van der Waals surface area contributed by atoms with Crippen LogP contribution in [0.15, 0.2) is 0 Å². The highest BCUT2D eigenvalue weighted by Gasteiger charge is 2.19. The molecule has 2 atom stereocenters. The van der Waals surface area contributed by atoms with Gasteiger partial charge in [0.25, 0.3) is 0 Å². The van der Waals surface area contributed by atoms with Crippen LogP contribution in [0.5, 0.6) is 0 Å². The minimum atomic E-state index is 0.252. The molecular weight excluding hydrogens is 204 g/mol. The van der Waals surface area contributed by atoms with E-state index in [9.17, 15) is 0 Å². The molecular formula is C12H24N2O2. The Labute approximate surface area is 98.3 Å². The number of hydrogen-bond acceptors (Lipinski definition) is 4. The zero-order valence-electron chi connectivity index (χ0n) is 10.3. The maximum atomic E-state index is 5.59. The van der Waals surface area contributed by atoms with Crippen molar-refractivity contribution in [2.75, 3.05) is 46.5 Å². The van der Waals surface area contributed by atoms with Crippen LogP contribution in [0.25, 0.3) is 0 Å². The van der Waals surface area contributed by atoms with E-state index in [1.54, 1.807) is 0 Å². The second kappa shape index (κ2) is 6.55. The van der Waals surface area contributed by atoms with Gasteiger partial charge >= 0.3 is 0 Å². The Morgan fingerprint density at radius 1 is 1.25 bits per heavy atom. The van der Waals surface area contributed by atoms with Gasteiger partial charge in [-0.1, -0.05) is 6.42 Å². The van der Waals surface area contributed by atoms with Crippen molar-refractivity contribution < 1.29 is 9.47 Å². The third kappa shape index (κ3) is 3.70. The van der Waals surface area contributed by atoms with Crippen LogP contribution in [-0.4, -0.2) is 63.5 Å². The fraction of sp³-hybridized carbons (Fsp3) is 1.00. The van der Waals surface area contributed by atoms with Gasteiger partial charge in [-0.25, -0.2) is 0 Å². The number of nitrogens with zero attached hydrogens (tertiary/aromatic N) is 1. The first-order valence-corrected chi connectivity index (χ1v) is 6.46. The Kier molecular flexibility index (Phi) is 5.03. The van der Waals surface area contributed by atoms with E-state index in [0.717, 1.165) is 32.9 Å². The zero-order chi connectivity index (χ0) is 11.2. The van der Waals surface area contributed by atoms with E-state index in [4.69, 9.17) is 9.47 Å². The summed E-state index contributed by atoms with van der Waals surface area (Å²) in [6, 6.07) is 0.707. The summed E-state index contributed by atoms with van der Waals surface area (Å²) in [6.45, 7) is 5.49. The third-order valence-electron chi connectivity index (χ3n) is 3.56. The molecule has 2 fully saturated rings. The van der Waals surface area contributed by atoms with E-state index in [0.29, 0.717) is 6.04 Å². The lowest BCUT2D eigenvalue weighted by atomic mass is 10.0. The smallest absolute Gasteiger partial charge is 0.0933 e. The van der Waals surface area contributed by atoms with E-state index in [-0.39, 0.29) is 6.10 Å². The maximum Gasteiger partial charge on any atom is 0.0933 e. The van der Waals surface area contributed by atoms with Gasteiger partial charge in [-0.3, -0.25) is 0 Å². The quantitative estimate of drug-likeness (QED) is 0.758. The van der Waals surface area contributed by atoms with Crippen molar-refractivity contribution in [2.24, 2.45) is 0 Å². The predicted octanol–water partition coefficient (Wildman–Crippen LogP) is 0.476. The second-order valence-electron chi connectivity index (χ2n) is 4.86. The Balaban J connectivity index is 1.59. The molecule has 16 heavy (non-hydrogen) atoms. The van der Waals surface area contributed by atoms with Crippen molar-refractivity contribution in [1.82, 2.24) is 10.2 Å². The standard InChI is InChI=1S/C12H24N2O2/c1-14-5-3-2-4-11(14)8-13-9-12-10-15-6-7-16-12/h11-13H,2-10H2,1H3. The molecule has 4 heteroatoms. The average Bonchev–Trinajstić information content (AvgIpc) is 2.33. The normalized spacial score (nSPS) is 32.8. The molecule has 4 nitrogen and oxygen atoms in total. The minimum absolute atomic E-state index is 0.252. The Hall–Kier alpha value is -0.160. The lowest BCUT2D eigenvalue weighted by Crippen LogP contribution is -2.46. The van der Waals surface area contributed by atoms with Crippen molar-refractivity contribution in [2.45, 2.75) is 31.4 Å². The number of rotatable bonds is 4. The van der Waals surface area contributed by atoms with Gasteiger partial charge in [-0.15, -0.1) is 0 Å². The Bertz CT molecular complexity index is 195. The second-order valence-corrected chi connectivity index (χ2v) is 4.86. The van der Waals surface area contributed by atoms with Gasteiger partial charge in [0.05, 0.1) is 25.9 Å². The number of likely N-dealkylation sites (tertiary alicyclic amines) is 1. The van der Waals surface area contributed by atoms with Crippen LogP contribution in [0.1, 0.15) is 19.3 Å². The monoisotopic (exact) mass is 228 g/mol. The molecule has 94 valence electrons. The van der Waals surface area contributed by atoms with E-state index in [1.165, 1.54) is 25.8 Å². The van der Waals surface area contributed by atoms with Crippen LogP contribution >= 0.6 is 0 Å². The van der Waals surface area contributed by atoms with Crippen LogP contribution in [0, 0.1) is 0 Å². The highest BCUT2D eigenvalue weighted by Crippen LogP contribution is 2.13. The summed E-state index contributed by atoms with van der Waals surface area (Å²) in [5, 5.41) is 3.51.